The van der Waals surface area contributed by atoms with Crippen LogP contribution in [-0.4, -0.2) is 39.5 Å². The van der Waals surface area contributed by atoms with Gasteiger partial charge in [-0.05, 0) is 48.9 Å². The number of rotatable bonds is 6. The molecule has 32 heavy (non-hydrogen) atoms. The Kier molecular flexibility index (Phi) is 6.05. The summed E-state index contributed by atoms with van der Waals surface area (Å²) in [6.45, 7) is 3.31. The van der Waals surface area contributed by atoms with Crippen molar-refractivity contribution in [2.45, 2.75) is 18.4 Å². The number of hydrogen-bond acceptors (Lipinski definition) is 5. The minimum absolute atomic E-state index is 0.0692. The highest BCUT2D eigenvalue weighted by Crippen LogP contribution is 2.32. The van der Waals surface area contributed by atoms with Gasteiger partial charge in [0.2, 0.25) is 0 Å². The van der Waals surface area contributed by atoms with Crippen LogP contribution in [0.2, 0.25) is 0 Å². The number of benzene rings is 3. The number of anilines is 1. The SMILES string of the molecule is Cc1ccc(CN(C)C(=O)c2ccc(NS(=O)(=O)c3ccc4c(c3)OCCO4)cc2)cc1. The van der Waals surface area contributed by atoms with Crippen LogP contribution in [0.15, 0.2) is 71.6 Å². The van der Waals surface area contributed by atoms with Gasteiger partial charge in [0.15, 0.2) is 11.5 Å². The number of amides is 1. The Morgan fingerprint density at radius 2 is 1.59 bits per heavy atom. The van der Waals surface area contributed by atoms with Crippen molar-refractivity contribution in [3.05, 3.63) is 83.4 Å². The zero-order chi connectivity index (χ0) is 22.7. The van der Waals surface area contributed by atoms with E-state index in [0.717, 1.165) is 11.1 Å². The van der Waals surface area contributed by atoms with Gasteiger partial charge in [0.25, 0.3) is 15.9 Å². The first kappa shape index (κ1) is 21.7. The zero-order valence-corrected chi connectivity index (χ0v) is 18.7. The summed E-state index contributed by atoms with van der Waals surface area (Å²) < 4.78 is 38.9. The van der Waals surface area contributed by atoms with Crippen molar-refractivity contribution in [1.29, 1.82) is 0 Å². The van der Waals surface area contributed by atoms with E-state index in [9.17, 15) is 13.2 Å². The second-order valence-corrected chi connectivity index (χ2v) is 9.32. The van der Waals surface area contributed by atoms with Gasteiger partial charge in [0.1, 0.15) is 13.2 Å². The smallest absolute Gasteiger partial charge is 0.262 e. The Bertz CT molecular complexity index is 1220. The minimum atomic E-state index is -3.82. The van der Waals surface area contributed by atoms with Gasteiger partial charge < -0.3 is 14.4 Å². The van der Waals surface area contributed by atoms with E-state index in [1.807, 2.05) is 31.2 Å². The second kappa shape index (κ2) is 8.92. The van der Waals surface area contributed by atoms with Crippen LogP contribution in [0.25, 0.3) is 0 Å². The third-order valence-electron chi connectivity index (χ3n) is 5.10. The van der Waals surface area contributed by atoms with Gasteiger partial charge in [-0.25, -0.2) is 8.42 Å². The van der Waals surface area contributed by atoms with Crippen molar-refractivity contribution < 1.29 is 22.7 Å². The lowest BCUT2D eigenvalue weighted by atomic mass is 10.1. The minimum Gasteiger partial charge on any atom is -0.486 e. The first-order chi connectivity index (χ1) is 15.3. The van der Waals surface area contributed by atoms with E-state index >= 15 is 0 Å². The van der Waals surface area contributed by atoms with E-state index in [0.29, 0.717) is 42.5 Å². The van der Waals surface area contributed by atoms with Gasteiger partial charge in [0.05, 0.1) is 4.90 Å². The maximum absolute atomic E-state index is 12.8. The van der Waals surface area contributed by atoms with Crippen LogP contribution in [0, 0.1) is 6.92 Å². The molecule has 1 amide bonds. The van der Waals surface area contributed by atoms with Crippen LogP contribution in [-0.2, 0) is 16.6 Å². The molecule has 1 aliphatic rings. The van der Waals surface area contributed by atoms with Crippen LogP contribution < -0.4 is 14.2 Å². The van der Waals surface area contributed by atoms with Crippen LogP contribution in [0.4, 0.5) is 5.69 Å². The molecule has 0 spiro atoms. The van der Waals surface area contributed by atoms with Crippen LogP contribution in [0.5, 0.6) is 11.5 Å². The Morgan fingerprint density at radius 1 is 0.938 bits per heavy atom. The topological polar surface area (TPSA) is 84.9 Å². The number of carbonyl (C=O) groups is 1. The number of ether oxygens (including phenoxy) is 2. The fourth-order valence-electron chi connectivity index (χ4n) is 3.35. The summed E-state index contributed by atoms with van der Waals surface area (Å²) in [6.07, 6.45) is 0. The maximum Gasteiger partial charge on any atom is 0.262 e. The van der Waals surface area contributed by atoms with Crippen LogP contribution in [0.3, 0.4) is 0 Å². The van der Waals surface area contributed by atoms with Crippen LogP contribution in [0.1, 0.15) is 21.5 Å². The van der Waals surface area contributed by atoms with Crippen molar-refractivity contribution in [3.63, 3.8) is 0 Å². The molecule has 0 atom stereocenters. The molecule has 1 N–H and O–H groups in total. The molecule has 0 radical (unpaired) electrons. The number of sulfonamides is 1. The summed E-state index contributed by atoms with van der Waals surface area (Å²) >= 11 is 0. The molecule has 166 valence electrons. The third kappa shape index (κ3) is 4.86. The molecule has 0 aliphatic carbocycles. The molecule has 0 saturated carbocycles. The lowest BCUT2D eigenvalue weighted by Crippen LogP contribution is -2.26. The van der Waals surface area contributed by atoms with Crippen molar-refractivity contribution in [2.24, 2.45) is 0 Å². The maximum atomic E-state index is 12.8. The highest BCUT2D eigenvalue weighted by molar-refractivity contribution is 7.92. The normalized spacial score (nSPS) is 12.8. The van der Waals surface area contributed by atoms with E-state index in [-0.39, 0.29) is 10.8 Å². The molecular formula is C24H24N2O5S. The summed E-state index contributed by atoms with van der Waals surface area (Å²) in [5.41, 5.74) is 3.03. The van der Waals surface area contributed by atoms with Crippen molar-refractivity contribution in [1.82, 2.24) is 4.90 Å². The van der Waals surface area contributed by atoms with E-state index in [1.54, 1.807) is 42.3 Å². The van der Waals surface area contributed by atoms with Crippen molar-refractivity contribution in [3.8, 4) is 11.5 Å². The predicted molar refractivity (Wildman–Crippen MR) is 122 cm³/mol. The molecule has 1 heterocycles. The van der Waals surface area contributed by atoms with Gasteiger partial charge in [-0.3, -0.25) is 9.52 Å². The summed E-state index contributed by atoms with van der Waals surface area (Å²) in [5, 5.41) is 0. The Morgan fingerprint density at radius 3 is 2.28 bits per heavy atom. The molecule has 0 bridgehead atoms. The highest BCUT2D eigenvalue weighted by atomic mass is 32.2. The fourth-order valence-corrected chi connectivity index (χ4v) is 4.42. The number of nitrogens with zero attached hydrogens (tertiary/aromatic N) is 1. The predicted octanol–water partition coefficient (Wildman–Crippen LogP) is 3.84. The zero-order valence-electron chi connectivity index (χ0n) is 17.9. The lowest BCUT2D eigenvalue weighted by Gasteiger charge is -2.19. The molecule has 7 nitrogen and oxygen atoms in total. The summed E-state index contributed by atoms with van der Waals surface area (Å²) in [6, 6.07) is 18.9. The molecule has 0 aromatic heterocycles. The molecule has 0 fully saturated rings. The number of aryl methyl sites for hydroxylation is 1. The van der Waals surface area contributed by atoms with E-state index < -0.39 is 10.0 Å². The van der Waals surface area contributed by atoms with Gasteiger partial charge >= 0.3 is 0 Å². The van der Waals surface area contributed by atoms with E-state index in [1.165, 1.54) is 12.1 Å². The molecule has 1 aliphatic heterocycles. The molecule has 0 unspecified atom stereocenters. The molecule has 3 aromatic carbocycles. The van der Waals surface area contributed by atoms with Crippen LogP contribution >= 0.6 is 0 Å². The summed E-state index contributed by atoms with van der Waals surface area (Å²) in [5.74, 6) is 0.774. The van der Waals surface area contributed by atoms with Gasteiger partial charge in [-0.2, -0.15) is 0 Å². The number of nitrogens with one attached hydrogen (secondary N) is 1. The first-order valence-corrected chi connectivity index (χ1v) is 11.6. The first-order valence-electron chi connectivity index (χ1n) is 10.2. The standard InChI is InChI=1S/C24H24N2O5S/c1-17-3-5-18(6-4-17)16-26(2)24(27)19-7-9-20(10-8-19)25-32(28,29)21-11-12-22-23(15-21)31-14-13-30-22/h3-12,15,25H,13-14,16H2,1-2H3. The van der Waals surface area contributed by atoms with Crippen molar-refractivity contribution in [2.75, 3.05) is 25.0 Å². The highest BCUT2D eigenvalue weighted by Gasteiger charge is 2.20. The molecule has 4 rings (SSSR count). The monoisotopic (exact) mass is 452 g/mol. The van der Waals surface area contributed by atoms with Gasteiger partial charge in [-0.15, -0.1) is 0 Å². The molecule has 0 saturated heterocycles. The lowest BCUT2D eigenvalue weighted by molar-refractivity contribution is 0.0785. The van der Waals surface area contributed by atoms with Crippen molar-refractivity contribution >= 4 is 21.6 Å². The summed E-state index contributed by atoms with van der Waals surface area (Å²) in [4.78, 5) is 14.4. The molecule has 3 aromatic rings. The number of hydrogen-bond donors (Lipinski definition) is 1. The van der Waals surface area contributed by atoms with E-state index in [2.05, 4.69) is 4.72 Å². The Balaban J connectivity index is 1.43. The van der Waals surface area contributed by atoms with E-state index in [4.69, 9.17) is 9.47 Å². The number of carbonyl (C=O) groups excluding carboxylic acids is 1. The second-order valence-electron chi connectivity index (χ2n) is 7.64. The third-order valence-corrected chi connectivity index (χ3v) is 6.47. The quantitative estimate of drug-likeness (QED) is 0.614. The summed E-state index contributed by atoms with van der Waals surface area (Å²) in [7, 11) is -2.08. The van der Waals surface area contributed by atoms with Gasteiger partial charge in [-0.1, -0.05) is 29.8 Å². The molecular weight excluding hydrogens is 428 g/mol. The Labute approximate surface area is 187 Å². The average molecular weight is 453 g/mol. The number of fused-ring (bicyclic) bond motifs is 1. The van der Waals surface area contributed by atoms with Gasteiger partial charge in [0, 0.05) is 30.9 Å². The largest absolute Gasteiger partial charge is 0.486 e. The Hall–Kier alpha value is -3.52. The molecule has 8 heteroatoms. The average Bonchev–Trinajstić information content (AvgIpc) is 2.80. The fraction of sp³-hybridized carbons (Fsp3) is 0.208.